The van der Waals surface area contributed by atoms with Gasteiger partial charge in [-0.05, 0) is 35.7 Å². The lowest BCUT2D eigenvalue weighted by Crippen LogP contribution is -2.31. The molecule has 3 heterocycles. The average Bonchev–Trinajstić information content (AvgIpc) is 3.41. The fourth-order valence-corrected chi connectivity index (χ4v) is 4.32. The molecule has 5 N–H and O–H groups in total. The molecule has 2 aromatic carbocycles. The van der Waals surface area contributed by atoms with Crippen molar-refractivity contribution in [1.29, 1.82) is 0 Å². The number of nitrogen functional groups attached to an aromatic ring is 1. The van der Waals surface area contributed by atoms with Crippen molar-refractivity contribution in [3.05, 3.63) is 53.1 Å². The smallest absolute Gasteiger partial charge is 0.252 e. The zero-order chi connectivity index (χ0) is 21.1. The Balaban J connectivity index is 0.000000568. The second kappa shape index (κ2) is 8.55. The van der Waals surface area contributed by atoms with Crippen LogP contribution in [-0.4, -0.2) is 21.9 Å². The third kappa shape index (κ3) is 3.43. The SMILES string of the molecule is CC.CC.CCC1Nc2ccccc2C1C1NC(=O)c2cc3nc(N)[nH]c3cc21. The van der Waals surface area contributed by atoms with E-state index in [9.17, 15) is 4.79 Å². The van der Waals surface area contributed by atoms with Crippen LogP contribution in [0.3, 0.4) is 0 Å². The zero-order valence-electron chi connectivity index (χ0n) is 17.8. The van der Waals surface area contributed by atoms with Crippen molar-refractivity contribution in [3.8, 4) is 0 Å². The molecule has 154 valence electrons. The summed E-state index contributed by atoms with van der Waals surface area (Å²) in [5.74, 6) is 0.529. The van der Waals surface area contributed by atoms with Crippen LogP contribution in [0.15, 0.2) is 36.4 Å². The number of fused-ring (bicyclic) bond motifs is 3. The number of imidazole rings is 1. The van der Waals surface area contributed by atoms with E-state index in [2.05, 4.69) is 45.7 Å². The number of para-hydroxylation sites is 1. The van der Waals surface area contributed by atoms with Crippen LogP contribution < -0.4 is 16.4 Å². The Labute approximate surface area is 172 Å². The van der Waals surface area contributed by atoms with Crippen molar-refractivity contribution in [3.63, 3.8) is 0 Å². The lowest BCUT2D eigenvalue weighted by Gasteiger charge is -2.26. The van der Waals surface area contributed by atoms with Gasteiger partial charge in [0, 0.05) is 23.2 Å². The van der Waals surface area contributed by atoms with Gasteiger partial charge in [0.25, 0.3) is 5.91 Å². The highest BCUT2D eigenvalue weighted by Gasteiger charge is 2.42. The van der Waals surface area contributed by atoms with E-state index < -0.39 is 0 Å². The minimum atomic E-state index is -0.0578. The van der Waals surface area contributed by atoms with Crippen LogP contribution in [0.25, 0.3) is 11.0 Å². The number of hydrogen-bond acceptors (Lipinski definition) is 4. The van der Waals surface area contributed by atoms with Crippen LogP contribution in [0.4, 0.5) is 11.6 Å². The molecule has 3 atom stereocenters. The summed E-state index contributed by atoms with van der Waals surface area (Å²) in [5, 5.41) is 6.80. The standard InChI is InChI=1S/C19H19N5O.2C2H6/c1-2-12-16(9-5-3-4-6-13(9)21-12)17-10-7-14-15(23-19(20)22-14)8-11(10)18(25)24-17;2*1-2/h3-8,12,16-17,21H,2H2,1H3,(H,24,25)(H3,20,22,23);2*1-2H3. The van der Waals surface area contributed by atoms with E-state index >= 15 is 0 Å². The van der Waals surface area contributed by atoms with Crippen molar-refractivity contribution in [1.82, 2.24) is 15.3 Å². The largest absolute Gasteiger partial charge is 0.381 e. The van der Waals surface area contributed by atoms with E-state index in [1.165, 1.54) is 5.56 Å². The lowest BCUT2D eigenvalue weighted by molar-refractivity contribution is 0.0951. The summed E-state index contributed by atoms with van der Waals surface area (Å²) in [6.45, 7) is 10.2. The van der Waals surface area contributed by atoms with E-state index in [-0.39, 0.29) is 23.9 Å². The molecule has 0 fully saturated rings. The lowest BCUT2D eigenvalue weighted by atomic mass is 9.83. The molecular weight excluding hydrogens is 362 g/mol. The molecule has 0 saturated carbocycles. The fourth-order valence-electron chi connectivity index (χ4n) is 4.32. The number of nitrogens with one attached hydrogen (secondary N) is 3. The number of nitrogens with two attached hydrogens (primary N) is 1. The molecule has 0 saturated heterocycles. The molecular formula is C23H31N5O. The van der Waals surface area contributed by atoms with Gasteiger partial charge in [0.1, 0.15) is 0 Å². The number of rotatable bonds is 2. The fraction of sp³-hybridized carbons (Fsp3) is 0.391. The summed E-state index contributed by atoms with van der Waals surface area (Å²) in [6.07, 6.45) is 0.986. The monoisotopic (exact) mass is 393 g/mol. The third-order valence-electron chi connectivity index (χ3n) is 5.43. The van der Waals surface area contributed by atoms with E-state index in [1.54, 1.807) is 0 Å². The number of nitrogens with zero attached hydrogens (tertiary/aromatic N) is 1. The first-order valence-corrected chi connectivity index (χ1v) is 10.6. The van der Waals surface area contributed by atoms with Crippen molar-refractivity contribution in [2.24, 2.45) is 0 Å². The second-order valence-corrected chi connectivity index (χ2v) is 6.80. The average molecular weight is 394 g/mol. The molecule has 0 radical (unpaired) electrons. The maximum Gasteiger partial charge on any atom is 0.252 e. The van der Waals surface area contributed by atoms with Crippen LogP contribution >= 0.6 is 0 Å². The summed E-state index contributed by atoms with van der Waals surface area (Å²) in [6, 6.07) is 12.4. The van der Waals surface area contributed by atoms with E-state index in [4.69, 9.17) is 5.73 Å². The van der Waals surface area contributed by atoms with Gasteiger partial charge in [0.15, 0.2) is 5.95 Å². The molecule has 0 bridgehead atoms. The summed E-state index contributed by atoms with van der Waals surface area (Å²) in [5.41, 5.74) is 11.5. The number of carbonyl (C=O) groups excluding carboxylic acids is 1. The molecule has 2 aliphatic heterocycles. The summed E-state index contributed by atoms with van der Waals surface area (Å²) in [7, 11) is 0. The van der Waals surface area contributed by atoms with Gasteiger partial charge in [0.2, 0.25) is 0 Å². The maximum absolute atomic E-state index is 12.6. The molecule has 6 nitrogen and oxygen atoms in total. The Morgan fingerprint density at radius 1 is 1.03 bits per heavy atom. The van der Waals surface area contributed by atoms with Gasteiger partial charge in [-0.3, -0.25) is 4.79 Å². The third-order valence-corrected chi connectivity index (χ3v) is 5.43. The number of carbonyl (C=O) groups is 1. The number of benzene rings is 2. The first-order chi connectivity index (χ1) is 14.2. The first-order valence-electron chi connectivity index (χ1n) is 10.6. The predicted molar refractivity (Wildman–Crippen MR) is 120 cm³/mol. The van der Waals surface area contributed by atoms with Crippen molar-refractivity contribution in [2.45, 2.75) is 59.0 Å². The van der Waals surface area contributed by atoms with Gasteiger partial charge in [-0.1, -0.05) is 52.8 Å². The van der Waals surface area contributed by atoms with E-state index in [1.807, 2.05) is 45.9 Å². The molecule has 1 aromatic heterocycles. The molecule has 29 heavy (non-hydrogen) atoms. The van der Waals surface area contributed by atoms with Gasteiger partial charge in [-0.2, -0.15) is 0 Å². The number of aromatic nitrogens is 2. The Kier molecular flexibility index (Phi) is 6.11. The molecule has 1 amide bonds. The van der Waals surface area contributed by atoms with Crippen LogP contribution in [0.2, 0.25) is 0 Å². The van der Waals surface area contributed by atoms with Crippen molar-refractivity contribution < 1.29 is 4.79 Å². The van der Waals surface area contributed by atoms with E-state index in [0.29, 0.717) is 11.5 Å². The van der Waals surface area contributed by atoms with Gasteiger partial charge < -0.3 is 21.4 Å². The first kappa shape index (κ1) is 20.7. The molecule has 3 aromatic rings. The maximum atomic E-state index is 12.6. The molecule has 5 rings (SSSR count). The van der Waals surface area contributed by atoms with Crippen LogP contribution in [0.5, 0.6) is 0 Å². The molecule has 2 aliphatic rings. The second-order valence-electron chi connectivity index (χ2n) is 6.80. The Bertz CT molecular complexity index is 1010. The number of aromatic amines is 1. The molecule has 3 unspecified atom stereocenters. The predicted octanol–water partition coefficient (Wildman–Crippen LogP) is 4.97. The highest BCUT2D eigenvalue weighted by molar-refractivity contribution is 6.02. The van der Waals surface area contributed by atoms with Gasteiger partial charge >= 0.3 is 0 Å². The summed E-state index contributed by atoms with van der Waals surface area (Å²) in [4.78, 5) is 19.9. The topological polar surface area (TPSA) is 95.8 Å². The molecule has 0 spiro atoms. The highest BCUT2D eigenvalue weighted by Crippen LogP contribution is 2.47. The van der Waals surface area contributed by atoms with Crippen LogP contribution in [0, 0.1) is 0 Å². The molecule has 0 aliphatic carbocycles. The quantitative estimate of drug-likeness (QED) is 0.494. The number of amides is 1. The van der Waals surface area contributed by atoms with Crippen molar-refractivity contribution in [2.75, 3.05) is 11.1 Å². The summed E-state index contributed by atoms with van der Waals surface area (Å²) < 4.78 is 0. The number of anilines is 2. The zero-order valence-corrected chi connectivity index (χ0v) is 17.8. The highest BCUT2D eigenvalue weighted by atomic mass is 16.2. The Hall–Kier alpha value is -3.02. The van der Waals surface area contributed by atoms with Gasteiger partial charge in [-0.25, -0.2) is 4.98 Å². The minimum Gasteiger partial charge on any atom is -0.381 e. The van der Waals surface area contributed by atoms with Gasteiger partial charge in [0.05, 0.1) is 17.1 Å². The van der Waals surface area contributed by atoms with Crippen LogP contribution in [-0.2, 0) is 0 Å². The normalized spacial score (nSPS) is 21.1. The van der Waals surface area contributed by atoms with E-state index in [0.717, 1.165) is 28.7 Å². The number of H-pyrrole nitrogens is 1. The van der Waals surface area contributed by atoms with Crippen LogP contribution in [0.1, 0.15) is 74.5 Å². The van der Waals surface area contributed by atoms with Crippen molar-refractivity contribution >= 4 is 28.6 Å². The van der Waals surface area contributed by atoms with Gasteiger partial charge in [-0.15, -0.1) is 0 Å². The number of hydrogen-bond donors (Lipinski definition) is 4. The minimum absolute atomic E-state index is 0.0392. The Morgan fingerprint density at radius 2 is 1.76 bits per heavy atom. The molecule has 6 heteroatoms. The Morgan fingerprint density at radius 3 is 2.48 bits per heavy atom. The summed E-state index contributed by atoms with van der Waals surface area (Å²) >= 11 is 0.